The molecule has 1 aromatic rings. The normalized spacial score (nSPS) is 9.79. The van der Waals surface area contributed by atoms with Crippen LogP contribution in [0.5, 0.6) is 0 Å². The fourth-order valence-electron chi connectivity index (χ4n) is 1.15. The van der Waals surface area contributed by atoms with Crippen molar-refractivity contribution >= 4 is 0 Å². The third kappa shape index (κ3) is 3.55. The first-order valence-electron chi connectivity index (χ1n) is 4.31. The number of halogens is 2. The van der Waals surface area contributed by atoms with Crippen LogP contribution in [0.1, 0.15) is 5.56 Å². The molecule has 14 heavy (non-hydrogen) atoms. The Morgan fingerprint density at radius 1 is 1.21 bits per heavy atom. The number of benzene rings is 1. The van der Waals surface area contributed by atoms with Gasteiger partial charge in [-0.05, 0) is 24.1 Å². The summed E-state index contributed by atoms with van der Waals surface area (Å²) >= 11 is 0. The molecule has 0 atom stereocenters. The van der Waals surface area contributed by atoms with Crippen molar-refractivity contribution in [1.82, 2.24) is 5.32 Å². The highest BCUT2D eigenvalue weighted by Gasteiger charge is 1.99. The van der Waals surface area contributed by atoms with Crippen LogP contribution in [0.3, 0.4) is 0 Å². The van der Waals surface area contributed by atoms with Crippen molar-refractivity contribution in [1.29, 1.82) is 0 Å². The Balaban J connectivity index is 2.47. The minimum Gasteiger partial charge on any atom is -0.306 e. The predicted molar refractivity (Wildman–Crippen MR) is 51.8 cm³/mol. The lowest BCUT2D eigenvalue weighted by molar-refractivity contribution is 0.578. The van der Waals surface area contributed by atoms with Crippen molar-refractivity contribution < 1.29 is 8.78 Å². The van der Waals surface area contributed by atoms with Crippen molar-refractivity contribution in [2.45, 2.75) is 6.42 Å². The Morgan fingerprint density at radius 3 is 2.43 bits per heavy atom. The van der Waals surface area contributed by atoms with Gasteiger partial charge in [0, 0.05) is 12.6 Å². The van der Waals surface area contributed by atoms with Gasteiger partial charge in [0.1, 0.15) is 11.6 Å². The monoisotopic (exact) mass is 195 g/mol. The van der Waals surface area contributed by atoms with Crippen molar-refractivity contribution in [2.75, 3.05) is 13.1 Å². The number of hydrogen-bond donors (Lipinski definition) is 1. The number of hydrogen-bond acceptors (Lipinski definition) is 1. The number of nitrogens with one attached hydrogen (secondary N) is 1. The molecule has 0 saturated carbocycles. The quantitative estimate of drug-likeness (QED) is 0.570. The van der Waals surface area contributed by atoms with Crippen LogP contribution in [0.25, 0.3) is 0 Å². The second-order valence-electron chi connectivity index (χ2n) is 2.91. The second kappa shape index (κ2) is 5.36. The Labute approximate surface area is 82.1 Å². The summed E-state index contributed by atoms with van der Waals surface area (Å²) in [7, 11) is 0. The molecular formula is C11H11F2N. The van der Waals surface area contributed by atoms with Gasteiger partial charge in [-0.1, -0.05) is 5.92 Å². The van der Waals surface area contributed by atoms with Crippen LogP contribution >= 0.6 is 0 Å². The Bertz CT molecular complexity index is 321. The van der Waals surface area contributed by atoms with Crippen molar-refractivity contribution in [3.05, 3.63) is 35.4 Å². The van der Waals surface area contributed by atoms with Gasteiger partial charge in [0.25, 0.3) is 0 Å². The zero-order chi connectivity index (χ0) is 10.4. The molecule has 0 bridgehead atoms. The molecule has 1 rings (SSSR count). The molecular weight excluding hydrogens is 184 g/mol. The van der Waals surface area contributed by atoms with Crippen LogP contribution in [0.2, 0.25) is 0 Å². The van der Waals surface area contributed by atoms with E-state index in [0.717, 1.165) is 6.07 Å². The third-order valence-corrected chi connectivity index (χ3v) is 1.74. The first kappa shape index (κ1) is 10.7. The summed E-state index contributed by atoms with van der Waals surface area (Å²) < 4.78 is 25.4. The van der Waals surface area contributed by atoms with Crippen LogP contribution in [-0.4, -0.2) is 13.1 Å². The van der Waals surface area contributed by atoms with Crippen LogP contribution in [-0.2, 0) is 6.42 Å². The lowest BCUT2D eigenvalue weighted by atomic mass is 10.1. The maximum absolute atomic E-state index is 12.7. The van der Waals surface area contributed by atoms with Crippen molar-refractivity contribution in [3.63, 3.8) is 0 Å². The number of terminal acetylenes is 1. The van der Waals surface area contributed by atoms with Gasteiger partial charge in [-0.15, -0.1) is 6.42 Å². The van der Waals surface area contributed by atoms with E-state index >= 15 is 0 Å². The smallest absolute Gasteiger partial charge is 0.126 e. The van der Waals surface area contributed by atoms with Gasteiger partial charge in [0.2, 0.25) is 0 Å². The largest absolute Gasteiger partial charge is 0.306 e. The molecule has 1 aromatic carbocycles. The molecule has 0 spiro atoms. The molecule has 74 valence electrons. The van der Waals surface area contributed by atoms with E-state index in [0.29, 0.717) is 25.1 Å². The van der Waals surface area contributed by atoms with Gasteiger partial charge in [0.05, 0.1) is 6.54 Å². The molecule has 0 aliphatic rings. The van der Waals surface area contributed by atoms with Crippen molar-refractivity contribution in [3.8, 4) is 12.3 Å². The summed E-state index contributed by atoms with van der Waals surface area (Å²) in [6.07, 6.45) is 5.59. The fourth-order valence-corrected chi connectivity index (χ4v) is 1.15. The average molecular weight is 195 g/mol. The molecule has 0 heterocycles. The molecule has 0 saturated heterocycles. The van der Waals surface area contributed by atoms with E-state index in [1.807, 2.05) is 0 Å². The second-order valence-corrected chi connectivity index (χ2v) is 2.91. The van der Waals surface area contributed by atoms with Gasteiger partial charge in [0.15, 0.2) is 0 Å². The molecule has 0 aliphatic heterocycles. The lowest BCUT2D eigenvalue weighted by Gasteiger charge is -2.02. The van der Waals surface area contributed by atoms with E-state index in [1.54, 1.807) is 0 Å². The highest BCUT2D eigenvalue weighted by Crippen LogP contribution is 2.07. The van der Waals surface area contributed by atoms with E-state index < -0.39 is 11.6 Å². The van der Waals surface area contributed by atoms with Crippen LogP contribution < -0.4 is 5.32 Å². The van der Waals surface area contributed by atoms with Gasteiger partial charge in [-0.25, -0.2) is 8.78 Å². The maximum Gasteiger partial charge on any atom is 0.126 e. The summed E-state index contributed by atoms with van der Waals surface area (Å²) in [6.45, 7) is 1.09. The minimum absolute atomic E-state index is 0.470. The molecule has 0 unspecified atom stereocenters. The Kier molecular flexibility index (Phi) is 4.09. The van der Waals surface area contributed by atoms with Gasteiger partial charge in [-0.2, -0.15) is 0 Å². The summed E-state index contributed by atoms with van der Waals surface area (Å²) in [5, 5.41) is 2.94. The van der Waals surface area contributed by atoms with Crippen LogP contribution in [0.15, 0.2) is 18.2 Å². The zero-order valence-corrected chi connectivity index (χ0v) is 7.69. The van der Waals surface area contributed by atoms with E-state index in [4.69, 9.17) is 6.42 Å². The van der Waals surface area contributed by atoms with E-state index in [1.165, 1.54) is 12.1 Å². The summed E-state index contributed by atoms with van der Waals surface area (Å²) in [6, 6.07) is 3.50. The Morgan fingerprint density at radius 2 is 1.86 bits per heavy atom. The zero-order valence-electron chi connectivity index (χ0n) is 7.69. The molecule has 0 radical (unpaired) electrons. The van der Waals surface area contributed by atoms with Crippen molar-refractivity contribution in [2.24, 2.45) is 0 Å². The predicted octanol–water partition coefficient (Wildman–Crippen LogP) is 1.73. The van der Waals surface area contributed by atoms with Gasteiger partial charge in [-0.3, -0.25) is 0 Å². The van der Waals surface area contributed by atoms with Crippen LogP contribution in [0, 0.1) is 24.0 Å². The topological polar surface area (TPSA) is 12.0 Å². The maximum atomic E-state index is 12.7. The van der Waals surface area contributed by atoms with Crippen LogP contribution in [0.4, 0.5) is 8.78 Å². The highest BCUT2D eigenvalue weighted by atomic mass is 19.1. The molecule has 0 fully saturated rings. The fraction of sp³-hybridized carbons (Fsp3) is 0.273. The first-order valence-corrected chi connectivity index (χ1v) is 4.31. The summed E-state index contributed by atoms with van der Waals surface area (Å²) in [4.78, 5) is 0. The van der Waals surface area contributed by atoms with Gasteiger partial charge < -0.3 is 5.32 Å². The molecule has 0 aliphatic carbocycles. The first-order chi connectivity index (χ1) is 6.72. The molecule has 3 heteroatoms. The molecule has 0 aromatic heterocycles. The molecule has 1 N–H and O–H groups in total. The SMILES string of the molecule is C#CCNCCc1cc(F)cc(F)c1. The molecule has 1 nitrogen and oxygen atoms in total. The summed E-state index contributed by atoms with van der Waals surface area (Å²) in [5.74, 6) is 1.33. The molecule has 0 amide bonds. The van der Waals surface area contributed by atoms with E-state index in [9.17, 15) is 8.78 Å². The standard InChI is InChI=1S/C11H11F2N/c1-2-4-14-5-3-9-6-10(12)8-11(13)7-9/h1,6-8,14H,3-5H2. The lowest BCUT2D eigenvalue weighted by Crippen LogP contribution is -2.17. The van der Waals surface area contributed by atoms with Gasteiger partial charge >= 0.3 is 0 Å². The van der Waals surface area contributed by atoms with E-state index in [-0.39, 0.29) is 0 Å². The average Bonchev–Trinajstić information content (AvgIpc) is 2.11. The minimum atomic E-state index is -0.544. The Hall–Kier alpha value is -1.40. The third-order valence-electron chi connectivity index (χ3n) is 1.74. The highest BCUT2D eigenvalue weighted by molar-refractivity contribution is 5.18. The number of rotatable bonds is 4. The summed E-state index contributed by atoms with van der Waals surface area (Å²) in [5.41, 5.74) is 0.632. The van der Waals surface area contributed by atoms with E-state index in [2.05, 4.69) is 11.2 Å².